The van der Waals surface area contributed by atoms with Crippen molar-refractivity contribution in [1.82, 2.24) is 30.0 Å². The van der Waals surface area contributed by atoms with Crippen LogP contribution in [0.2, 0.25) is 0 Å². The summed E-state index contributed by atoms with van der Waals surface area (Å²) in [6.45, 7) is 5.51. The summed E-state index contributed by atoms with van der Waals surface area (Å²) in [7, 11) is 1.63. The zero-order valence-corrected chi connectivity index (χ0v) is 19.3. The molecule has 1 unspecified atom stereocenters. The van der Waals surface area contributed by atoms with Gasteiger partial charge in [-0.25, -0.2) is 9.78 Å². The van der Waals surface area contributed by atoms with Gasteiger partial charge in [0.15, 0.2) is 0 Å². The Kier molecular flexibility index (Phi) is 6.48. The Morgan fingerprint density at radius 2 is 2.06 bits per heavy atom. The summed E-state index contributed by atoms with van der Waals surface area (Å²) in [5, 5.41) is 18.0. The van der Waals surface area contributed by atoms with Gasteiger partial charge in [-0.3, -0.25) is 9.67 Å². The third kappa shape index (κ3) is 5.08. The number of aromatic nitrogens is 5. The molecular formula is C24H30N6O3. The van der Waals surface area contributed by atoms with Crippen LogP contribution in [0.15, 0.2) is 36.9 Å². The fourth-order valence-corrected chi connectivity index (χ4v) is 4.41. The second-order valence-corrected chi connectivity index (χ2v) is 8.83. The van der Waals surface area contributed by atoms with Crippen LogP contribution in [-0.2, 0) is 6.54 Å². The highest BCUT2D eigenvalue weighted by atomic mass is 16.5. The average molecular weight is 451 g/mol. The summed E-state index contributed by atoms with van der Waals surface area (Å²) >= 11 is 0. The van der Waals surface area contributed by atoms with Crippen molar-refractivity contribution in [2.24, 2.45) is 5.41 Å². The minimum Gasteiger partial charge on any atom is -0.495 e. The number of rotatable bonds is 10. The van der Waals surface area contributed by atoms with E-state index in [9.17, 15) is 4.79 Å². The number of nitrogens with zero attached hydrogens (tertiary/aromatic N) is 4. The van der Waals surface area contributed by atoms with E-state index in [2.05, 4.69) is 39.2 Å². The summed E-state index contributed by atoms with van der Waals surface area (Å²) in [6.07, 6.45) is 10.2. The van der Waals surface area contributed by atoms with Crippen LogP contribution in [0.1, 0.15) is 39.5 Å². The van der Waals surface area contributed by atoms with Crippen LogP contribution in [-0.4, -0.2) is 49.6 Å². The van der Waals surface area contributed by atoms with E-state index in [1.807, 2.05) is 35.4 Å². The van der Waals surface area contributed by atoms with Crippen molar-refractivity contribution < 1.29 is 14.6 Å². The Hall–Kier alpha value is -3.62. The number of ether oxygens (including phenoxy) is 1. The van der Waals surface area contributed by atoms with Crippen molar-refractivity contribution in [2.75, 3.05) is 13.7 Å². The maximum atomic E-state index is 10.9. The van der Waals surface area contributed by atoms with E-state index in [1.54, 1.807) is 13.3 Å². The maximum absolute atomic E-state index is 10.9. The molecule has 9 heteroatoms. The van der Waals surface area contributed by atoms with E-state index in [-0.39, 0.29) is 5.41 Å². The van der Waals surface area contributed by atoms with Crippen LogP contribution in [0.4, 0.5) is 4.79 Å². The number of carboxylic acid groups (broad SMARTS) is 1. The van der Waals surface area contributed by atoms with Gasteiger partial charge < -0.3 is 20.1 Å². The van der Waals surface area contributed by atoms with Crippen molar-refractivity contribution in [3.63, 3.8) is 0 Å². The molecule has 33 heavy (non-hydrogen) atoms. The molecule has 0 saturated carbocycles. The average Bonchev–Trinajstić information content (AvgIpc) is 3.41. The molecule has 3 N–H and O–H groups in total. The van der Waals surface area contributed by atoms with Crippen LogP contribution in [0.25, 0.3) is 33.2 Å². The zero-order chi connectivity index (χ0) is 23.4. The van der Waals surface area contributed by atoms with Crippen LogP contribution in [0, 0.1) is 5.41 Å². The summed E-state index contributed by atoms with van der Waals surface area (Å²) in [5.74, 6) is 0.711. The standard InChI is InChI=1S/C24H30N6O3/c1-4-6-24(2,15-27-23(31)32)7-5-8-30-14-16(11-28-30)20-10-18-19-9-17(33-3)12-26-22(19)29-21(18)13-25-20/h9-14,27H,4-8,15H2,1-3H3,(H,26,29)(H,31,32). The molecule has 1 amide bonds. The van der Waals surface area contributed by atoms with Gasteiger partial charge in [-0.15, -0.1) is 0 Å². The van der Waals surface area contributed by atoms with Gasteiger partial charge in [0.25, 0.3) is 0 Å². The molecule has 1 atom stereocenters. The lowest BCUT2D eigenvalue weighted by Crippen LogP contribution is -2.35. The van der Waals surface area contributed by atoms with E-state index in [0.29, 0.717) is 12.3 Å². The number of methoxy groups -OCH3 is 1. The summed E-state index contributed by atoms with van der Waals surface area (Å²) in [5.41, 5.74) is 3.46. The molecule has 0 aliphatic rings. The molecule has 174 valence electrons. The smallest absolute Gasteiger partial charge is 0.404 e. The molecule has 0 radical (unpaired) electrons. The molecule has 0 aliphatic heterocycles. The van der Waals surface area contributed by atoms with E-state index in [1.165, 1.54) is 0 Å². The normalized spacial score (nSPS) is 13.3. The van der Waals surface area contributed by atoms with Crippen molar-refractivity contribution in [3.05, 3.63) is 36.9 Å². The van der Waals surface area contributed by atoms with Gasteiger partial charge in [0.05, 0.1) is 36.9 Å². The minimum atomic E-state index is -0.969. The molecule has 4 aromatic rings. The number of aryl methyl sites for hydroxylation is 1. The van der Waals surface area contributed by atoms with Crippen molar-refractivity contribution in [1.29, 1.82) is 0 Å². The van der Waals surface area contributed by atoms with E-state index in [0.717, 1.165) is 65.4 Å². The fraction of sp³-hybridized carbons (Fsp3) is 0.417. The second-order valence-electron chi connectivity index (χ2n) is 8.83. The number of hydrogen-bond acceptors (Lipinski definition) is 5. The number of carbonyl (C=O) groups is 1. The Bertz CT molecular complexity index is 1260. The van der Waals surface area contributed by atoms with Crippen LogP contribution in [0.3, 0.4) is 0 Å². The third-order valence-corrected chi connectivity index (χ3v) is 6.16. The number of H-pyrrole nitrogens is 1. The highest BCUT2D eigenvalue weighted by Gasteiger charge is 2.23. The SMILES string of the molecule is CCCC(C)(CCCn1cc(-c2cc3c(cn2)[nH]c2ncc(OC)cc23)cn1)CNC(=O)O. The fourth-order valence-electron chi connectivity index (χ4n) is 4.41. The number of fused-ring (bicyclic) bond motifs is 3. The Balaban J connectivity index is 1.47. The number of amides is 1. The first kappa shape index (κ1) is 22.6. The molecule has 0 saturated heterocycles. The highest BCUT2D eigenvalue weighted by molar-refractivity contribution is 6.06. The van der Waals surface area contributed by atoms with Gasteiger partial charge in [-0.05, 0) is 36.8 Å². The molecule has 4 rings (SSSR count). The zero-order valence-electron chi connectivity index (χ0n) is 19.3. The van der Waals surface area contributed by atoms with Gasteiger partial charge in [0, 0.05) is 35.6 Å². The molecule has 4 aromatic heterocycles. The second kappa shape index (κ2) is 9.48. The molecule has 0 fully saturated rings. The van der Waals surface area contributed by atoms with Gasteiger partial charge >= 0.3 is 6.09 Å². The molecular weight excluding hydrogens is 420 g/mol. The predicted molar refractivity (Wildman–Crippen MR) is 127 cm³/mol. The van der Waals surface area contributed by atoms with Crippen LogP contribution >= 0.6 is 0 Å². The molecule has 0 bridgehead atoms. The highest BCUT2D eigenvalue weighted by Crippen LogP contribution is 2.30. The van der Waals surface area contributed by atoms with E-state index >= 15 is 0 Å². The summed E-state index contributed by atoms with van der Waals surface area (Å²) < 4.78 is 7.25. The Labute approximate surface area is 192 Å². The molecule has 0 aliphatic carbocycles. The molecule has 0 spiro atoms. The van der Waals surface area contributed by atoms with Gasteiger partial charge in [-0.2, -0.15) is 5.10 Å². The number of aromatic amines is 1. The van der Waals surface area contributed by atoms with Gasteiger partial charge in [-0.1, -0.05) is 20.3 Å². The summed E-state index contributed by atoms with van der Waals surface area (Å²) in [6, 6.07) is 4.02. The van der Waals surface area contributed by atoms with Gasteiger partial charge in [0.2, 0.25) is 0 Å². The minimum absolute atomic E-state index is 0.0554. The topological polar surface area (TPSA) is 118 Å². The van der Waals surface area contributed by atoms with Crippen molar-refractivity contribution in [2.45, 2.75) is 46.1 Å². The van der Waals surface area contributed by atoms with E-state index < -0.39 is 6.09 Å². The van der Waals surface area contributed by atoms with Gasteiger partial charge in [0.1, 0.15) is 11.4 Å². The van der Waals surface area contributed by atoms with Crippen molar-refractivity contribution >= 4 is 28.0 Å². The maximum Gasteiger partial charge on any atom is 0.404 e. The molecule has 9 nitrogen and oxygen atoms in total. The van der Waals surface area contributed by atoms with E-state index in [4.69, 9.17) is 9.84 Å². The number of nitrogens with one attached hydrogen (secondary N) is 2. The Morgan fingerprint density at radius 3 is 2.82 bits per heavy atom. The lowest BCUT2D eigenvalue weighted by molar-refractivity contribution is 0.179. The first-order valence-electron chi connectivity index (χ1n) is 11.2. The Morgan fingerprint density at radius 1 is 1.21 bits per heavy atom. The molecule has 4 heterocycles. The van der Waals surface area contributed by atoms with Crippen molar-refractivity contribution in [3.8, 4) is 17.0 Å². The van der Waals surface area contributed by atoms with Crippen LogP contribution in [0.5, 0.6) is 5.75 Å². The number of hydrogen-bond donors (Lipinski definition) is 3. The number of pyridine rings is 2. The largest absolute Gasteiger partial charge is 0.495 e. The first-order valence-corrected chi connectivity index (χ1v) is 11.2. The lowest BCUT2D eigenvalue weighted by atomic mass is 9.81. The lowest BCUT2D eigenvalue weighted by Gasteiger charge is -2.29. The quantitative estimate of drug-likeness (QED) is 0.318. The monoisotopic (exact) mass is 450 g/mol. The first-order chi connectivity index (χ1) is 15.9. The van der Waals surface area contributed by atoms with Crippen LogP contribution < -0.4 is 10.1 Å². The predicted octanol–water partition coefficient (Wildman–Crippen LogP) is 4.84. The third-order valence-electron chi connectivity index (χ3n) is 6.16. The molecule has 0 aromatic carbocycles. The summed E-state index contributed by atoms with van der Waals surface area (Å²) in [4.78, 5) is 23.2.